The van der Waals surface area contributed by atoms with Gasteiger partial charge in [0, 0.05) is 41.8 Å². The summed E-state index contributed by atoms with van der Waals surface area (Å²) in [4.78, 5) is 53.8. The van der Waals surface area contributed by atoms with Crippen LogP contribution < -0.4 is 0 Å². The second-order valence-electron chi connectivity index (χ2n) is 18.6. The monoisotopic (exact) mass is 1040 g/mol. The number of carbonyl (C=O) groups excluding carboxylic acids is 4. The zero-order chi connectivity index (χ0) is 54.6. The fraction of sp³-hybridized carbons (Fsp3) is 0.508. The number of Topliss-reactive ketones (excluding diaryl/α,β-unsaturated/α-hetero) is 2. The van der Waals surface area contributed by atoms with E-state index in [0.29, 0.717) is 17.5 Å². The van der Waals surface area contributed by atoms with Gasteiger partial charge in [0.1, 0.15) is 11.4 Å². The van der Waals surface area contributed by atoms with Gasteiger partial charge in [-0.1, -0.05) is 197 Å². The molecule has 0 spiro atoms. The third-order valence-corrected chi connectivity index (χ3v) is 14.2. The Kier molecular flexibility index (Phi) is 29.5. The van der Waals surface area contributed by atoms with E-state index in [1.54, 1.807) is 34.7 Å². The van der Waals surface area contributed by atoms with E-state index in [1.165, 1.54) is 64.1 Å². The summed E-state index contributed by atoms with van der Waals surface area (Å²) >= 11 is 4.82. The summed E-state index contributed by atoms with van der Waals surface area (Å²) in [5.74, 6) is -0.867. The Balaban J connectivity index is 0.000000393. The average molecular weight is 1040 g/mol. The molecule has 398 valence electrons. The normalized spacial score (nSPS) is 13.1. The van der Waals surface area contributed by atoms with Gasteiger partial charge < -0.3 is 14.9 Å². The van der Waals surface area contributed by atoms with Gasteiger partial charge in [0.2, 0.25) is 16.8 Å². The first-order valence-electron chi connectivity index (χ1n) is 26.8. The molecule has 0 fully saturated rings. The molecule has 0 saturated heterocycles. The molecular formula is C61H86ClN4O6P. The molecule has 73 heavy (non-hydrogen) atoms. The molecule has 4 aromatic carbocycles. The van der Waals surface area contributed by atoms with Crippen LogP contribution in [0.3, 0.4) is 0 Å². The smallest absolute Gasteiger partial charge is 0.334 e. The number of nitrogens with zero attached hydrogens (tertiary/aromatic N) is 4. The lowest BCUT2D eigenvalue weighted by Crippen LogP contribution is -2.26. The predicted octanol–water partition coefficient (Wildman–Crippen LogP) is 16.7. The highest BCUT2D eigenvalue weighted by atomic mass is 35.5. The molecule has 4 aromatic rings. The predicted molar refractivity (Wildman–Crippen MR) is 308 cm³/mol. The summed E-state index contributed by atoms with van der Waals surface area (Å²) in [6, 6.07) is 29.4. The molecule has 2 aliphatic rings. The van der Waals surface area contributed by atoms with Crippen molar-refractivity contribution >= 4 is 54.8 Å². The Bertz CT molecular complexity index is 2440. The zero-order valence-corrected chi connectivity index (χ0v) is 48.0. The van der Waals surface area contributed by atoms with Gasteiger partial charge >= 0.3 is 5.97 Å². The summed E-state index contributed by atoms with van der Waals surface area (Å²) in [5, 5.41) is 15.6. The molecule has 0 unspecified atom stereocenters. The standard InChI is InChI=1S/C27H33NO3.C24H29NO2.C6H15N.C3H5ClO.CH4NP/c1-5-8-16-27(17-9-6-2)23-13-11-10-12-21(23)22-15-14-20(18-24(22)27)26(30)19(4)28-31-25(29)7-3;1-4-6-14-24(15-7-5-2)21-11-9-8-10-19(21)20-13-12-18(16-22(20)24)23(26)17(3)25-27;1-4-7(5-2)6-3;1-2-3(4)5;1-2-3/h10-15,18H,5-9,16-17H2,1-4H3;8-13,16,27H,4-7,14-15H2,1-3H3;4-6H2,1-3H3;2H2,1H3;3H,1H3/b28-19-;25-17-;;;. The minimum atomic E-state index is -0.449. The third-order valence-electron chi connectivity index (χ3n) is 13.9. The number of fused-ring (bicyclic) bond motifs is 6. The van der Waals surface area contributed by atoms with Crippen LogP contribution in [0.15, 0.2) is 100.0 Å². The van der Waals surface area contributed by atoms with Crippen molar-refractivity contribution in [2.45, 2.75) is 177 Å². The minimum Gasteiger partial charge on any atom is -0.411 e. The first kappa shape index (κ1) is 64.0. The Morgan fingerprint density at radius 2 is 0.904 bits per heavy atom. The topological polar surface area (TPSA) is 138 Å². The van der Waals surface area contributed by atoms with Crippen LogP contribution in [0.2, 0.25) is 0 Å². The van der Waals surface area contributed by atoms with Crippen LogP contribution in [0.1, 0.15) is 209 Å². The average Bonchev–Trinajstić information content (AvgIpc) is 3.85. The quantitative estimate of drug-likeness (QED) is 0.0157. The summed E-state index contributed by atoms with van der Waals surface area (Å²) in [5.41, 5.74) is 11.8. The van der Waals surface area contributed by atoms with Gasteiger partial charge in [-0.2, -0.15) is 0 Å². The molecule has 10 nitrogen and oxygen atoms in total. The van der Waals surface area contributed by atoms with Crippen LogP contribution in [-0.2, 0) is 25.3 Å². The number of ketones is 2. The Hall–Kier alpha value is -5.15. The number of oxime groups is 2. The number of halogens is 1. The van der Waals surface area contributed by atoms with E-state index in [4.69, 9.17) is 21.6 Å². The van der Waals surface area contributed by atoms with Crippen molar-refractivity contribution in [1.82, 2.24) is 4.90 Å². The summed E-state index contributed by atoms with van der Waals surface area (Å²) in [7, 11) is 4.47. The highest BCUT2D eigenvalue weighted by Gasteiger charge is 2.43. The molecule has 2 aliphatic carbocycles. The molecule has 0 bridgehead atoms. The molecule has 0 radical (unpaired) electrons. The van der Waals surface area contributed by atoms with Gasteiger partial charge in [0.25, 0.3) is 0 Å². The van der Waals surface area contributed by atoms with Gasteiger partial charge in [0.15, 0.2) is 0 Å². The fourth-order valence-corrected chi connectivity index (χ4v) is 9.79. The lowest BCUT2D eigenvalue weighted by molar-refractivity contribution is -0.143. The van der Waals surface area contributed by atoms with Crippen LogP contribution in [0.4, 0.5) is 0 Å². The van der Waals surface area contributed by atoms with E-state index >= 15 is 0 Å². The maximum atomic E-state index is 13.0. The molecule has 0 aliphatic heterocycles. The van der Waals surface area contributed by atoms with E-state index < -0.39 is 5.97 Å². The van der Waals surface area contributed by atoms with Gasteiger partial charge in [-0.3, -0.25) is 19.1 Å². The molecule has 0 atom stereocenters. The number of hydrogen-bond acceptors (Lipinski definition) is 10. The number of rotatable bonds is 22. The van der Waals surface area contributed by atoms with Gasteiger partial charge in [-0.25, -0.2) is 4.79 Å². The van der Waals surface area contributed by atoms with Crippen molar-refractivity contribution < 1.29 is 29.2 Å². The van der Waals surface area contributed by atoms with Crippen LogP contribution in [-0.4, -0.2) is 71.0 Å². The maximum Gasteiger partial charge on any atom is 0.334 e. The number of carbonyl (C=O) groups is 4. The van der Waals surface area contributed by atoms with Crippen LogP contribution >= 0.6 is 20.6 Å². The molecule has 12 heteroatoms. The van der Waals surface area contributed by atoms with Crippen molar-refractivity contribution in [3.05, 3.63) is 118 Å². The second kappa shape index (κ2) is 33.6. The molecule has 0 amide bonds. The van der Waals surface area contributed by atoms with Crippen molar-refractivity contribution in [1.29, 1.82) is 0 Å². The SMILES string of the molecule is CCC(=O)Cl.CCCCC1(CCCC)c2ccccc2-c2ccc(C(=O)/C(C)=N\O)cc21.CCCCC1(CCCC)c2ccccc2-c2ccc(C(=O)/C(C)=N\OC(=O)CC)cc21.CCN(CC)CC.CN=P. The van der Waals surface area contributed by atoms with Gasteiger partial charge in [0.05, 0.1) is 0 Å². The lowest BCUT2D eigenvalue weighted by Gasteiger charge is -2.32. The maximum absolute atomic E-state index is 13.0. The highest BCUT2D eigenvalue weighted by molar-refractivity contribution is 7.03. The molecule has 1 N–H and O–H groups in total. The van der Waals surface area contributed by atoms with Crippen molar-refractivity contribution in [3.8, 4) is 22.3 Å². The first-order valence-corrected chi connectivity index (χ1v) is 27.6. The lowest BCUT2D eigenvalue weighted by atomic mass is 9.70. The Labute approximate surface area is 446 Å². The Morgan fingerprint density at radius 1 is 0.562 bits per heavy atom. The second-order valence-corrected chi connectivity index (χ2v) is 19.4. The highest BCUT2D eigenvalue weighted by Crippen LogP contribution is 2.55. The van der Waals surface area contributed by atoms with Crippen molar-refractivity contribution in [3.63, 3.8) is 0 Å². The number of benzene rings is 4. The first-order chi connectivity index (χ1) is 35.1. The summed E-state index contributed by atoms with van der Waals surface area (Å²) in [6.07, 6.45) is 14.2. The van der Waals surface area contributed by atoms with E-state index in [0.717, 1.165) is 77.0 Å². The Morgan fingerprint density at radius 3 is 1.21 bits per heavy atom. The minimum absolute atomic E-state index is 0.0293. The molecule has 6 rings (SSSR count). The van der Waals surface area contributed by atoms with Crippen LogP contribution in [0.5, 0.6) is 0 Å². The van der Waals surface area contributed by atoms with Crippen LogP contribution in [0.25, 0.3) is 22.3 Å². The van der Waals surface area contributed by atoms with E-state index in [-0.39, 0.29) is 45.5 Å². The van der Waals surface area contributed by atoms with E-state index in [1.807, 2.05) is 12.1 Å². The van der Waals surface area contributed by atoms with Crippen molar-refractivity contribution in [2.24, 2.45) is 15.1 Å². The molecule has 0 aromatic heterocycles. The summed E-state index contributed by atoms with van der Waals surface area (Å²) in [6.45, 7) is 25.6. The summed E-state index contributed by atoms with van der Waals surface area (Å²) < 4.78 is 3.31. The largest absolute Gasteiger partial charge is 0.411 e. The van der Waals surface area contributed by atoms with Crippen LogP contribution in [0, 0.1) is 0 Å². The third kappa shape index (κ3) is 17.2. The van der Waals surface area contributed by atoms with Gasteiger partial charge in [-0.15, -0.1) is 0 Å². The molecule has 0 saturated carbocycles. The number of hydrogen-bond donors (Lipinski definition) is 1. The van der Waals surface area contributed by atoms with Crippen molar-refractivity contribution in [2.75, 3.05) is 26.7 Å². The fourth-order valence-electron chi connectivity index (χ4n) is 9.79. The van der Waals surface area contributed by atoms with Gasteiger partial charge in [-0.05, 0) is 136 Å². The zero-order valence-electron chi connectivity index (χ0n) is 46.3. The van der Waals surface area contributed by atoms with E-state index in [2.05, 4.69) is 150 Å². The molecular weight excluding hydrogens is 951 g/mol. The van der Waals surface area contributed by atoms with E-state index in [9.17, 15) is 19.2 Å². The molecule has 0 heterocycles. The number of unbranched alkanes of at least 4 members (excludes halogenated alkanes) is 4.